The van der Waals surface area contributed by atoms with E-state index in [1.165, 1.54) is 6.92 Å². The van der Waals surface area contributed by atoms with E-state index in [2.05, 4.69) is 6.58 Å². The van der Waals surface area contributed by atoms with E-state index in [0.717, 1.165) is 0 Å². The van der Waals surface area contributed by atoms with Gasteiger partial charge in [-0.1, -0.05) is 20.4 Å². The van der Waals surface area contributed by atoms with Crippen LogP contribution in [-0.2, 0) is 23.9 Å². The number of hydrogen-bond acceptors (Lipinski definition) is 7. The van der Waals surface area contributed by atoms with E-state index < -0.39 is 57.6 Å². The van der Waals surface area contributed by atoms with Crippen LogP contribution in [0.15, 0.2) is 12.2 Å². The molecule has 0 aromatic rings. The van der Waals surface area contributed by atoms with Crippen LogP contribution in [-0.4, -0.2) is 58.3 Å². The van der Waals surface area contributed by atoms with E-state index >= 15 is 0 Å². The highest BCUT2D eigenvalue weighted by atomic mass is 16.5. The van der Waals surface area contributed by atoms with Crippen molar-refractivity contribution < 1.29 is 34.1 Å². The second-order valence-corrected chi connectivity index (χ2v) is 10.4. The number of fused-ring (bicyclic) bond motifs is 3. The Labute approximate surface area is 169 Å². The average Bonchev–Trinajstić information content (AvgIpc) is 2.79. The molecule has 29 heavy (non-hydrogen) atoms. The number of Topliss-reactive ketones (excluding diaryl/α,β-unsaturated/α-hetero) is 2. The fourth-order valence-corrected chi connectivity index (χ4v) is 7.86. The van der Waals surface area contributed by atoms with Gasteiger partial charge in [-0.25, -0.2) is 0 Å². The highest BCUT2D eigenvalue weighted by Gasteiger charge is 2.81. The number of carbonyl (C=O) groups excluding carboxylic acids is 3. The van der Waals surface area contributed by atoms with Gasteiger partial charge in [-0.3, -0.25) is 14.4 Å². The fraction of sp³-hybridized carbons (Fsp3) is 0.773. The van der Waals surface area contributed by atoms with Crippen LogP contribution in [0.1, 0.15) is 46.5 Å². The molecule has 4 bridgehead atoms. The van der Waals surface area contributed by atoms with Crippen LogP contribution in [0, 0.1) is 28.1 Å². The third-order valence-corrected chi connectivity index (χ3v) is 8.98. The van der Waals surface area contributed by atoms with Crippen molar-refractivity contribution in [3.05, 3.63) is 12.2 Å². The predicted molar refractivity (Wildman–Crippen MR) is 99.5 cm³/mol. The van der Waals surface area contributed by atoms with Gasteiger partial charge in [0.2, 0.25) is 0 Å². The minimum Gasteiger partial charge on any atom is -0.457 e. The first-order valence-corrected chi connectivity index (χ1v) is 10.4. The topological polar surface area (TPSA) is 110 Å². The third-order valence-electron chi connectivity index (χ3n) is 8.98. The Morgan fingerprint density at radius 3 is 2.59 bits per heavy atom. The molecule has 0 radical (unpaired) electrons. The van der Waals surface area contributed by atoms with Gasteiger partial charge in [0.05, 0.1) is 29.1 Å². The van der Waals surface area contributed by atoms with Gasteiger partial charge in [0.1, 0.15) is 18.0 Å². The molecule has 158 valence electrons. The summed E-state index contributed by atoms with van der Waals surface area (Å²) in [5, 5.41) is 22.5. The standard InChI is InChI=1S/C22H28O7/c1-10-18(29-11(2)23)21-8-20(10,27)6-5-12(21)22-9-28-14(7-13(22)24)19(3,4)16(22)15(25)17(21)26/h12,14-16,18,25,27H,1,5-9H2,2-4H3. The zero-order chi connectivity index (χ0) is 21.1. The normalized spacial score (nSPS) is 52.2. The first kappa shape index (κ1) is 19.4. The Bertz CT molecular complexity index is 861. The van der Waals surface area contributed by atoms with Gasteiger partial charge in [0.15, 0.2) is 5.78 Å². The lowest BCUT2D eigenvalue weighted by molar-refractivity contribution is -0.277. The molecule has 8 unspecified atom stereocenters. The van der Waals surface area contributed by atoms with Gasteiger partial charge < -0.3 is 19.7 Å². The first-order chi connectivity index (χ1) is 13.4. The van der Waals surface area contributed by atoms with Gasteiger partial charge in [0.25, 0.3) is 0 Å². The molecule has 6 rings (SSSR count). The van der Waals surface area contributed by atoms with Crippen molar-refractivity contribution in [3.63, 3.8) is 0 Å². The van der Waals surface area contributed by atoms with Crippen LogP contribution in [0.4, 0.5) is 0 Å². The maximum absolute atomic E-state index is 13.8. The maximum Gasteiger partial charge on any atom is 0.303 e. The molecule has 7 nitrogen and oxygen atoms in total. The quantitative estimate of drug-likeness (QED) is 0.495. The van der Waals surface area contributed by atoms with Gasteiger partial charge >= 0.3 is 5.97 Å². The molecule has 4 saturated carbocycles. The number of esters is 1. The van der Waals surface area contributed by atoms with Crippen molar-refractivity contribution >= 4 is 17.5 Å². The summed E-state index contributed by atoms with van der Waals surface area (Å²) in [5.41, 5.74) is -3.99. The summed E-state index contributed by atoms with van der Waals surface area (Å²) >= 11 is 0. The van der Waals surface area contributed by atoms with Crippen molar-refractivity contribution in [2.24, 2.45) is 28.1 Å². The molecule has 2 heterocycles. The lowest BCUT2D eigenvalue weighted by atomic mass is 9.37. The molecule has 2 saturated heterocycles. The van der Waals surface area contributed by atoms with E-state index in [-0.39, 0.29) is 31.3 Å². The zero-order valence-corrected chi connectivity index (χ0v) is 17.1. The molecule has 0 amide bonds. The van der Waals surface area contributed by atoms with E-state index in [9.17, 15) is 24.6 Å². The number of hydrogen-bond donors (Lipinski definition) is 2. The molecule has 6 aliphatic rings. The van der Waals surface area contributed by atoms with Gasteiger partial charge in [-0.15, -0.1) is 0 Å². The summed E-state index contributed by atoms with van der Waals surface area (Å²) in [6, 6.07) is 0. The van der Waals surface area contributed by atoms with E-state index in [1.807, 2.05) is 13.8 Å². The Balaban J connectivity index is 1.75. The van der Waals surface area contributed by atoms with Gasteiger partial charge in [-0.2, -0.15) is 0 Å². The summed E-state index contributed by atoms with van der Waals surface area (Å²) < 4.78 is 11.7. The Morgan fingerprint density at radius 1 is 1.28 bits per heavy atom. The molecule has 2 aliphatic heterocycles. The number of ether oxygens (including phenoxy) is 2. The van der Waals surface area contributed by atoms with Crippen LogP contribution >= 0.6 is 0 Å². The van der Waals surface area contributed by atoms with Crippen molar-refractivity contribution in [1.82, 2.24) is 0 Å². The second kappa shape index (κ2) is 5.37. The second-order valence-electron chi connectivity index (χ2n) is 10.4. The minimum atomic E-state index is -1.39. The van der Waals surface area contributed by atoms with E-state index in [4.69, 9.17) is 9.47 Å². The van der Waals surface area contributed by atoms with Crippen molar-refractivity contribution in [2.75, 3.05) is 6.61 Å². The third kappa shape index (κ3) is 1.93. The van der Waals surface area contributed by atoms with Crippen LogP contribution in [0.5, 0.6) is 0 Å². The molecule has 2 N–H and O–H groups in total. The molecule has 0 aromatic heterocycles. The highest BCUT2D eigenvalue weighted by Crippen LogP contribution is 2.73. The Morgan fingerprint density at radius 2 is 1.97 bits per heavy atom. The molecule has 7 heteroatoms. The summed E-state index contributed by atoms with van der Waals surface area (Å²) in [6.45, 7) is 9.29. The SMILES string of the molecule is C=C1C(OC(C)=O)C23CC1(O)CCC2C12COC(CC1=O)C(C)(C)C2C(O)C3=O. The summed E-state index contributed by atoms with van der Waals surface area (Å²) in [7, 11) is 0. The predicted octanol–water partition coefficient (Wildman–Crippen LogP) is 0.949. The zero-order valence-electron chi connectivity index (χ0n) is 17.1. The van der Waals surface area contributed by atoms with Crippen LogP contribution in [0.2, 0.25) is 0 Å². The lowest BCUT2D eigenvalue weighted by Gasteiger charge is -2.68. The molecule has 6 fully saturated rings. The number of aliphatic hydroxyl groups excluding tert-OH is 1. The molecule has 2 spiro atoms. The number of ketones is 2. The number of aliphatic hydroxyl groups is 2. The van der Waals surface area contributed by atoms with Crippen LogP contribution < -0.4 is 0 Å². The largest absolute Gasteiger partial charge is 0.457 e. The van der Waals surface area contributed by atoms with Gasteiger partial charge in [-0.05, 0) is 36.2 Å². The van der Waals surface area contributed by atoms with E-state index in [0.29, 0.717) is 18.4 Å². The summed E-state index contributed by atoms with van der Waals surface area (Å²) in [5.74, 6) is -2.05. The Hall–Kier alpha value is -1.57. The Kier molecular flexibility index (Phi) is 3.59. The molecule has 0 aromatic carbocycles. The van der Waals surface area contributed by atoms with Crippen LogP contribution in [0.3, 0.4) is 0 Å². The summed E-state index contributed by atoms with van der Waals surface area (Å²) in [4.78, 5) is 39.2. The van der Waals surface area contributed by atoms with Crippen molar-refractivity contribution in [2.45, 2.75) is 70.4 Å². The maximum atomic E-state index is 13.8. The van der Waals surface area contributed by atoms with Crippen molar-refractivity contribution in [3.8, 4) is 0 Å². The fourth-order valence-electron chi connectivity index (χ4n) is 7.86. The number of carbonyl (C=O) groups is 3. The van der Waals surface area contributed by atoms with Crippen molar-refractivity contribution in [1.29, 1.82) is 0 Å². The first-order valence-electron chi connectivity index (χ1n) is 10.4. The average molecular weight is 404 g/mol. The van der Waals surface area contributed by atoms with Crippen LogP contribution in [0.25, 0.3) is 0 Å². The number of rotatable bonds is 1. The highest BCUT2D eigenvalue weighted by molar-refractivity contribution is 5.99. The lowest BCUT2D eigenvalue weighted by Crippen LogP contribution is -2.77. The minimum absolute atomic E-state index is 0.0125. The summed E-state index contributed by atoms with van der Waals surface area (Å²) in [6.07, 6.45) is -1.75. The smallest absolute Gasteiger partial charge is 0.303 e. The monoisotopic (exact) mass is 404 g/mol. The molecule has 4 aliphatic carbocycles. The van der Waals surface area contributed by atoms with Gasteiger partial charge in [0, 0.05) is 19.3 Å². The van der Waals surface area contributed by atoms with E-state index in [1.54, 1.807) is 0 Å². The molecular weight excluding hydrogens is 376 g/mol. The molecule has 8 atom stereocenters. The molecular formula is C22H28O7.